The van der Waals surface area contributed by atoms with Crippen LogP contribution in [0.2, 0.25) is 0 Å². The smallest absolute Gasteiger partial charge is 0.0949 e. The highest BCUT2D eigenvalue weighted by Gasteiger charge is 2.14. The summed E-state index contributed by atoms with van der Waals surface area (Å²) in [6.45, 7) is 13.4. The van der Waals surface area contributed by atoms with Gasteiger partial charge in [0, 0.05) is 11.7 Å². The van der Waals surface area contributed by atoms with Crippen LogP contribution in [0.4, 0.5) is 0 Å². The molecule has 62 valence electrons. The Labute approximate surface area is 68.9 Å². The van der Waals surface area contributed by atoms with Gasteiger partial charge < -0.3 is 4.90 Å². The zero-order valence-electron chi connectivity index (χ0n) is 7.54. The molecule has 0 amide bonds. The summed E-state index contributed by atoms with van der Waals surface area (Å²) in [7, 11) is 0. The topological polar surface area (TPSA) is 15.6 Å². The Kier molecular flexibility index (Phi) is 3.58. The molecule has 0 aromatic carbocycles. The van der Waals surface area contributed by atoms with Crippen molar-refractivity contribution >= 4 is 6.34 Å². The lowest BCUT2D eigenvalue weighted by atomic mass is 10.1. The van der Waals surface area contributed by atoms with E-state index in [-0.39, 0.29) is 5.54 Å². The fourth-order valence-corrected chi connectivity index (χ4v) is 0.613. The maximum Gasteiger partial charge on any atom is 0.0949 e. The highest BCUT2D eigenvalue weighted by molar-refractivity contribution is 5.58. The summed E-state index contributed by atoms with van der Waals surface area (Å²) in [5.41, 5.74) is 0.0360. The first-order valence-electron chi connectivity index (χ1n) is 3.57. The van der Waals surface area contributed by atoms with Crippen molar-refractivity contribution in [3.8, 4) is 0 Å². The second-order valence-electron chi connectivity index (χ2n) is 3.21. The van der Waals surface area contributed by atoms with Crippen LogP contribution in [0.15, 0.2) is 30.6 Å². The second kappa shape index (κ2) is 3.96. The minimum atomic E-state index is 0.0360. The molecule has 2 heteroatoms. The van der Waals surface area contributed by atoms with E-state index in [4.69, 9.17) is 0 Å². The third-order valence-corrected chi connectivity index (χ3v) is 1.27. The lowest BCUT2D eigenvalue weighted by molar-refractivity contribution is 0.321. The Balaban J connectivity index is 4.29. The van der Waals surface area contributed by atoms with Gasteiger partial charge in [-0.15, -0.1) is 0 Å². The van der Waals surface area contributed by atoms with Crippen molar-refractivity contribution < 1.29 is 0 Å². The fraction of sp³-hybridized carbons (Fsp3) is 0.444. The van der Waals surface area contributed by atoms with Crippen molar-refractivity contribution in [3.05, 3.63) is 25.6 Å². The standard InChI is InChI=1S/C9H16N2/c1-6-10-8-11(7-2)9(3,4)5/h6-8H,1-2H2,3-5H3. The number of hydrogen-bond acceptors (Lipinski definition) is 1. The minimum absolute atomic E-state index is 0.0360. The van der Waals surface area contributed by atoms with Gasteiger partial charge in [0.25, 0.3) is 0 Å². The summed E-state index contributed by atoms with van der Waals surface area (Å²) >= 11 is 0. The van der Waals surface area contributed by atoms with E-state index in [1.54, 1.807) is 12.5 Å². The van der Waals surface area contributed by atoms with E-state index < -0.39 is 0 Å². The molecule has 0 aliphatic carbocycles. The highest BCUT2D eigenvalue weighted by Crippen LogP contribution is 2.10. The van der Waals surface area contributed by atoms with Crippen LogP contribution in [0.5, 0.6) is 0 Å². The normalized spacial score (nSPS) is 11.5. The van der Waals surface area contributed by atoms with Crippen LogP contribution >= 0.6 is 0 Å². The highest BCUT2D eigenvalue weighted by atomic mass is 15.2. The summed E-state index contributed by atoms with van der Waals surface area (Å²) in [4.78, 5) is 5.83. The van der Waals surface area contributed by atoms with E-state index >= 15 is 0 Å². The molecule has 0 atom stereocenters. The lowest BCUT2D eigenvalue weighted by Crippen LogP contribution is -2.35. The zero-order chi connectivity index (χ0) is 8.91. The Morgan fingerprint density at radius 3 is 2.09 bits per heavy atom. The minimum Gasteiger partial charge on any atom is -0.334 e. The van der Waals surface area contributed by atoms with Gasteiger partial charge in [-0.25, -0.2) is 4.99 Å². The molecule has 0 fully saturated rings. The van der Waals surface area contributed by atoms with Gasteiger partial charge in [0.1, 0.15) is 0 Å². The Morgan fingerprint density at radius 1 is 1.27 bits per heavy atom. The number of rotatable bonds is 3. The molecule has 0 aromatic rings. The monoisotopic (exact) mass is 152 g/mol. The summed E-state index contributed by atoms with van der Waals surface area (Å²) in [5, 5.41) is 0. The maximum absolute atomic E-state index is 3.90. The summed E-state index contributed by atoms with van der Waals surface area (Å²) in [6.07, 6.45) is 4.95. The van der Waals surface area contributed by atoms with Crippen molar-refractivity contribution in [2.24, 2.45) is 4.99 Å². The van der Waals surface area contributed by atoms with Crippen LogP contribution in [0.1, 0.15) is 20.8 Å². The average molecular weight is 152 g/mol. The molecule has 0 aliphatic rings. The van der Waals surface area contributed by atoms with Gasteiger partial charge in [0.2, 0.25) is 0 Å². The molecule has 0 aromatic heterocycles. The Morgan fingerprint density at radius 2 is 1.82 bits per heavy atom. The second-order valence-corrected chi connectivity index (χ2v) is 3.21. The van der Waals surface area contributed by atoms with E-state index in [1.165, 1.54) is 6.20 Å². The molecule has 0 N–H and O–H groups in total. The van der Waals surface area contributed by atoms with Gasteiger partial charge >= 0.3 is 0 Å². The van der Waals surface area contributed by atoms with Gasteiger partial charge in [-0.1, -0.05) is 13.2 Å². The molecule has 0 saturated heterocycles. The van der Waals surface area contributed by atoms with Gasteiger partial charge in [-0.2, -0.15) is 0 Å². The van der Waals surface area contributed by atoms with Crippen molar-refractivity contribution in [3.63, 3.8) is 0 Å². The molecule has 0 bridgehead atoms. The fourth-order valence-electron chi connectivity index (χ4n) is 0.613. The SMILES string of the molecule is C=CN=CN(C=C)C(C)(C)C. The molecule has 0 radical (unpaired) electrons. The van der Waals surface area contributed by atoms with Gasteiger partial charge in [-0.3, -0.25) is 0 Å². The van der Waals surface area contributed by atoms with Gasteiger partial charge in [-0.05, 0) is 27.0 Å². The molecule has 0 saturated carbocycles. The van der Waals surface area contributed by atoms with Crippen LogP contribution in [0.3, 0.4) is 0 Å². The van der Waals surface area contributed by atoms with Crippen LogP contribution in [0.25, 0.3) is 0 Å². The maximum atomic E-state index is 3.90. The average Bonchev–Trinajstić information content (AvgIpc) is 1.87. The Hall–Kier alpha value is -1.05. The predicted octanol–water partition coefficient (Wildman–Crippen LogP) is 2.40. The largest absolute Gasteiger partial charge is 0.334 e. The number of hydrogen-bond donors (Lipinski definition) is 0. The van der Waals surface area contributed by atoms with Crippen molar-refractivity contribution in [1.29, 1.82) is 0 Å². The molecule has 0 heterocycles. The lowest BCUT2D eigenvalue weighted by Gasteiger charge is -2.30. The van der Waals surface area contributed by atoms with E-state index in [0.717, 1.165) is 0 Å². The first-order chi connectivity index (χ1) is 5.02. The molecule has 0 unspecified atom stereocenters. The molecule has 2 nitrogen and oxygen atoms in total. The molecule has 0 rings (SSSR count). The van der Waals surface area contributed by atoms with Crippen LogP contribution in [-0.2, 0) is 0 Å². The summed E-state index contributed by atoms with van der Waals surface area (Å²) in [5.74, 6) is 0. The third kappa shape index (κ3) is 3.61. The van der Waals surface area contributed by atoms with Gasteiger partial charge in [0.05, 0.1) is 6.34 Å². The summed E-state index contributed by atoms with van der Waals surface area (Å²) < 4.78 is 0. The first kappa shape index (κ1) is 9.95. The zero-order valence-corrected chi connectivity index (χ0v) is 7.54. The summed E-state index contributed by atoms with van der Waals surface area (Å²) in [6, 6.07) is 0. The van der Waals surface area contributed by atoms with E-state index in [9.17, 15) is 0 Å². The molecular weight excluding hydrogens is 136 g/mol. The third-order valence-electron chi connectivity index (χ3n) is 1.27. The molecule has 11 heavy (non-hydrogen) atoms. The van der Waals surface area contributed by atoms with Crippen molar-refractivity contribution in [2.45, 2.75) is 26.3 Å². The van der Waals surface area contributed by atoms with E-state index in [1.807, 2.05) is 4.90 Å². The van der Waals surface area contributed by atoms with Crippen LogP contribution in [0, 0.1) is 0 Å². The van der Waals surface area contributed by atoms with Crippen molar-refractivity contribution in [1.82, 2.24) is 4.90 Å². The van der Waals surface area contributed by atoms with Gasteiger partial charge in [0.15, 0.2) is 0 Å². The molecule has 0 spiro atoms. The molecule has 0 aliphatic heterocycles. The predicted molar refractivity (Wildman–Crippen MR) is 50.5 cm³/mol. The van der Waals surface area contributed by atoms with Crippen LogP contribution in [-0.4, -0.2) is 16.8 Å². The van der Waals surface area contributed by atoms with Crippen molar-refractivity contribution in [2.75, 3.05) is 0 Å². The Bertz CT molecular complexity index is 163. The number of nitrogens with zero attached hydrogens (tertiary/aromatic N) is 2. The van der Waals surface area contributed by atoms with Crippen LogP contribution < -0.4 is 0 Å². The van der Waals surface area contributed by atoms with E-state index in [2.05, 4.69) is 38.9 Å². The molecular formula is C9H16N2. The van der Waals surface area contributed by atoms with E-state index in [0.29, 0.717) is 0 Å². The number of aliphatic imine (C=N–C) groups is 1. The quantitative estimate of drug-likeness (QED) is 0.448. The first-order valence-corrected chi connectivity index (χ1v) is 3.57.